The van der Waals surface area contributed by atoms with Crippen molar-refractivity contribution in [3.05, 3.63) is 53.9 Å². The van der Waals surface area contributed by atoms with Crippen molar-refractivity contribution in [1.29, 1.82) is 0 Å². The van der Waals surface area contributed by atoms with E-state index in [1.54, 1.807) is 0 Å². The fourth-order valence-corrected chi connectivity index (χ4v) is 2.20. The van der Waals surface area contributed by atoms with Crippen LogP contribution in [0.15, 0.2) is 47.7 Å². The summed E-state index contributed by atoms with van der Waals surface area (Å²) in [7, 11) is 0. The third kappa shape index (κ3) is 3.51. The van der Waals surface area contributed by atoms with Crippen LogP contribution in [0.25, 0.3) is 0 Å². The number of rotatable bonds is 5. The van der Waals surface area contributed by atoms with Gasteiger partial charge in [-0.25, -0.2) is 4.99 Å². The van der Waals surface area contributed by atoms with Crippen molar-refractivity contribution >= 4 is 17.5 Å². The van der Waals surface area contributed by atoms with Crippen molar-refractivity contribution in [2.75, 3.05) is 18.5 Å². The standard InChI is InChI=1S/C16H17N3O2/c20-15(6-1-12-7-8-17-11-12)19-14-4-2-13(3-5-14)16-18-9-10-21-16/h2-5,7-8,11,17H,1,6,9-10H2,(H,19,20). The summed E-state index contributed by atoms with van der Waals surface area (Å²) in [6.07, 6.45) is 4.97. The molecule has 0 bridgehead atoms. The van der Waals surface area contributed by atoms with E-state index in [1.165, 1.54) is 0 Å². The Labute approximate surface area is 123 Å². The molecule has 2 heterocycles. The highest BCUT2D eigenvalue weighted by atomic mass is 16.5. The molecular weight excluding hydrogens is 266 g/mol. The normalized spacial score (nSPS) is 13.6. The van der Waals surface area contributed by atoms with Crippen LogP contribution >= 0.6 is 0 Å². The zero-order chi connectivity index (χ0) is 14.5. The lowest BCUT2D eigenvalue weighted by Gasteiger charge is -2.06. The lowest BCUT2D eigenvalue weighted by Crippen LogP contribution is -2.12. The maximum absolute atomic E-state index is 11.9. The summed E-state index contributed by atoms with van der Waals surface area (Å²) < 4.78 is 5.40. The predicted octanol–water partition coefficient (Wildman–Crippen LogP) is 2.36. The fraction of sp³-hybridized carbons (Fsp3) is 0.250. The Hall–Kier alpha value is -2.56. The number of hydrogen-bond donors (Lipinski definition) is 2. The molecule has 5 nitrogen and oxygen atoms in total. The van der Waals surface area contributed by atoms with Crippen LogP contribution in [-0.2, 0) is 16.0 Å². The van der Waals surface area contributed by atoms with Crippen LogP contribution in [0.1, 0.15) is 17.5 Å². The number of amides is 1. The molecule has 1 aromatic heterocycles. The summed E-state index contributed by atoms with van der Waals surface area (Å²) in [6, 6.07) is 9.53. The summed E-state index contributed by atoms with van der Waals surface area (Å²) in [5.74, 6) is 0.693. The molecule has 1 aliphatic heterocycles. The number of H-pyrrole nitrogens is 1. The number of ether oxygens (including phenoxy) is 1. The number of anilines is 1. The average molecular weight is 283 g/mol. The maximum atomic E-state index is 11.9. The highest BCUT2D eigenvalue weighted by Crippen LogP contribution is 2.13. The predicted molar refractivity (Wildman–Crippen MR) is 81.5 cm³/mol. The lowest BCUT2D eigenvalue weighted by atomic mass is 10.1. The minimum Gasteiger partial charge on any atom is -0.476 e. The minimum absolute atomic E-state index is 0.0124. The third-order valence-corrected chi connectivity index (χ3v) is 3.30. The quantitative estimate of drug-likeness (QED) is 0.884. The summed E-state index contributed by atoms with van der Waals surface area (Å²) in [4.78, 5) is 19.1. The number of benzene rings is 1. The molecule has 2 aromatic rings. The lowest BCUT2D eigenvalue weighted by molar-refractivity contribution is -0.116. The van der Waals surface area contributed by atoms with Gasteiger partial charge in [-0.1, -0.05) is 0 Å². The first-order valence-electron chi connectivity index (χ1n) is 7.00. The van der Waals surface area contributed by atoms with Gasteiger partial charge in [-0.3, -0.25) is 4.79 Å². The van der Waals surface area contributed by atoms with Crippen molar-refractivity contribution < 1.29 is 9.53 Å². The number of aromatic nitrogens is 1. The van der Waals surface area contributed by atoms with Gasteiger partial charge in [-0.15, -0.1) is 0 Å². The van der Waals surface area contributed by atoms with E-state index in [-0.39, 0.29) is 5.91 Å². The summed E-state index contributed by atoms with van der Waals surface area (Å²) in [5, 5.41) is 2.89. The first kappa shape index (κ1) is 13.4. The van der Waals surface area contributed by atoms with E-state index in [4.69, 9.17) is 4.74 Å². The van der Waals surface area contributed by atoms with Crippen molar-refractivity contribution in [3.8, 4) is 0 Å². The molecule has 0 fully saturated rings. The summed E-state index contributed by atoms with van der Waals surface area (Å²) in [6.45, 7) is 1.36. The van der Waals surface area contributed by atoms with E-state index in [1.807, 2.05) is 42.7 Å². The van der Waals surface area contributed by atoms with Crippen molar-refractivity contribution in [2.24, 2.45) is 4.99 Å². The van der Waals surface area contributed by atoms with Crippen LogP contribution in [0.2, 0.25) is 0 Å². The summed E-state index contributed by atoms with van der Waals surface area (Å²) >= 11 is 0. The van der Waals surface area contributed by atoms with Crippen molar-refractivity contribution in [3.63, 3.8) is 0 Å². The topological polar surface area (TPSA) is 66.5 Å². The van der Waals surface area contributed by atoms with Crippen molar-refractivity contribution in [2.45, 2.75) is 12.8 Å². The SMILES string of the molecule is O=C(CCc1cc[nH]c1)Nc1ccc(C2=NCCO2)cc1. The first-order chi connectivity index (χ1) is 10.3. The van der Waals surface area contributed by atoms with Crippen molar-refractivity contribution in [1.82, 2.24) is 4.98 Å². The van der Waals surface area contributed by atoms with E-state index >= 15 is 0 Å². The first-order valence-corrected chi connectivity index (χ1v) is 7.00. The monoisotopic (exact) mass is 283 g/mol. The van der Waals surface area contributed by atoms with Gasteiger partial charge >= 0.3 is 0 Å². The number of carbonyl (C=O) groups excluding carboxylic acids is 1. The van der Waals surface area contributed by atoms with Crippen LogP contribution < -0.4 is 5.32 Å². The second kappa shape index (κ2) is 6.26. The number of nitrogens with one attached hydrogen (secondary N) is 2. The molecule has 21 heavy (non-hydrogen) atoms. The Morgan fingerprint density at radius 2 is 2.14 bits per heavy atom. The molecule has 1 amide bonds. The Kier molecular flexibility index (Phi) is 4.00. The molecular formula is C16H17N3O2. The zero-order valence-corrected chi connectivity index (χ0v) is 11.6. The second-order valence-electron chi connectivity index (χ2n) is 4.88. The van der Waals surface area contributed by atoms with E-state index in [2.05, 4.69) is 15.3 Å². The molecule has 0 saturated carbocycles. The third-order valence-electron chi connectivity index (χ3n) is 3.30. The highest BCUT2D eigenvalue weighted by molar-refractivity contribution is 5.96. The van der Waals surface area contributed by atoms with Gasteiger partial charge in [0.25, 0.3) is 0 Å². The molecule has 1 aliphatic rings. The Morgan fingerprint density at radius 1 is 1.29 bits per heavy atom. The smallest absolute Gasteiger partial charge is 0.224 e. The molecule has 1 aromatic carbocycles. The van der Waals surface area contributed by atoms with Crippen LogP contribution in [0.4, 0.5) is 5.69 Å². The molecule has 0 radical (unpaired) electrons. The number of aliphatic imine (C=N–C) groups is 1. The largest absolute Gasteiger partial charge is 0.476 e. The summed E-state index contributed by atoms with van der Waals surface area (Å²) in [5.41, 5.74) is 2.87. The van der Waals surface area contributed by atoms with Gasteiger partial charge < -0.3 is 15.0 Å². The zero-order valence-electron chi connectivity index (χ0n) is 11.6. The molecule has 3 rings (SSSR count). The molecule has 108 valence electrons. The highest BCUT2D eigenvalue weighted by Gasteiger charge is 2.10. The van der Waals surface area contributed by atoms with E-state index in [0.717, 1.165) is 23.2 Å². The fourth-order valence-electron chi connectivity index (χ4n) is 2.20. The van der Waals surface area contributed by atoms with Gasteiger partial charge in [0, 0.05) is 30.1 Å². The number of carbonyl (C=O) groups is 1. The number of nitrogens with zero attached hydrogens (tertiary/aromatic N) is 1. The van der Waals surface area contributed by atoms with Crippen LogP contribution in [0.3, 0.4) is 0 Å². The molecule has 0 saturated heterocycles. The van der Waals surface area contributed by atoms with Gasteiger partial charge in [0.1, 0.15) is 6.61 Å². The Morgan fingerprint density at radius 3 is 2.81 bits per heavy atom. The maximum Gasteiger partial charge on any atom is 0.224 e. The Bertz CT molecular complexity index is 630. The molecule has 2 N–H and O–H groups in total. The molecule has 0 unspecified atom stereocenters. The van der Waals surface area contributed by atoms with E-state index in [9.17, 15) is 4.79 Å². The minimum atomic E-state index is 0.0124. The van der Waals surface area contributed by atoms with Gasteiger partial charge in [-0.05, 0) is 42.3 Å². The second-order valence-corrected chi connectivity index (χ2v) is 4.88. The molecule has 0 atom stereocenters. The molecule has 0 aliphatic carbocycles. The van der Waals surface area contributed by atoms with Gasteiger partial charge in [0.2, 0.25) is 11.8 Å². The molecule has 5 heteroatoms. The molecule has 0 spiro atoms. The van der Waals surface area contributed by atoms with Gasteiger partial charge in [0.05, 0.1) is 6.54 Å². The van der Waals surface area contributed by atoms with E-state index < -0.39 is 0 Å². The van der Waals surface area contributed by atoms with Crippen LogP contribution in [0, 0.1) is 0 Å². The number of aromatic amines is 1. The van der Waals surface area contributed by atoms with Gasteiger partial charge in [0.15, 0.2) is 0 Å². The van der Waals surface area contributed by atoms with Crippen LogP contribution in [-0.4, -0.2) is 29.9 Å². The number of hydrogen-bond acceptors (Lipinski definition) is 3. The average Bonchev–Trinajstić information content (AvgIpc) is 3.19. The van der Waals surface area contributed by atoms with Gasteiger partial charge in [-0.2, -0.15) is 0 Å². The van der Waals surface area contributed by atoms with E-state index in [0.29, 0.717) is 25.5 Å². The number of aryl methyl sites for hydroxylation is 1. The van der Waals surface area contributed by atoms with Crippen LogP contribution in [0.5, 0.6) is 0 Å². The Balaban J connectivity index is 1.53.